The Morgan fingerprint density at radius 3 is 1.57 bits per heavy atom. The highest BCUT2D eigenvalue weighted by Crippen LogP contribution is 2.60. The molecule has 2 aliphatic rings. The van der Waals surface area contributed by atoms with E-state index in [9.17, 15) is 0 Å². The Bertz CT molecular complexity index is 3240. The predicted octanol–water partition coefficient (Wildman–Crippen LogP) is 16.0. The number of aromatic nitrogens is 3. The Labute approximate surface area is 400 Å². The molecular weight excluding hydrogens is 823 g/mol. The zero-order valence-corrected chi connectivity index (χ0v) is 38.3. The Morgan fingerprint density at radius 1 is 0.485 bits per heavy atom. The highest BCUT2D eigenvalue weighted by atomic mass is 15.0. The first-order valence-corrected chi connectivity index (χ1v) is 23.7. The normalized spacial score (nSPS) is 16.5. The molecule has 3 nitrogen and oxygen atoms in total. The zero-order chi connectivity index (χ0) is 45.9. The van der Waals surface area contributed by atoms with Gasteiger partial charge in [0.05, 0.1) is 5.41 Å². The van der Waals surface area contributed by atoms with Crippen molar-refractivity contribution in [2.45, 2.75) is 31.1 Å². The topological polar surface area (TPSA) is 38.7 Å². The van der Waals surface area contributed by atoms with Crippen molar-refractivity contribution in [3.63, 3.8) is 0 Å². The minimum atomic E-state index is -0.460. The van der Waals surface area contributed by atoms with Gasteiger partial charge in [0, 0.05) is 28.5 Å². The molecule has 3 unspecified atom stereocenters. The molecule has 1 aromatic heterocycles. The quantitative estimate of drug-likeness (QED) is 0.122. The van der Waals surface area contributed by atoms with Gasteiger partial charge in [-0.1, -0.05) is 231 Å². The summed E-state index contributed by atoms with van der Waals surface area (Å²) in [5, 5.41) is 0. The second kappa shape index (κ2) is 18.5. The molecule has 0 N–H and O–H groups in total. The van der Waals surface area contributed by atoms with E-state index in [2.05, 4.69) is 269 Å². The van der Waals surface area contributed by atoms with E-state index >= 15 is 0 Å². The average molecular weight is 874 g/mol. The molecule has 3 heteroatoms. The van der Waals surface area contributed by atoms with Crippen LogP contribution in [-0.2, 0) is 5.41 Å². The summed E-state index contributed by atoms with van der Waals surface area (Å²) in [6, 6.07) is 78.2. The summed E-state index contributed by atoms with van der Waals surface area (Å²) >= 11 is 0. The molecule has 11 rings (SSSR count). The van der Waals surface area contributed by atoms with Gasteiger partial charge in [0.1, 0.15) is 0 Å². The highest BCUT2D eigenvalue weighted by molar-refractivity contribution is 5.84. The third-order valence-corrected chi connectivity index (χ3v) is 13.8. The molecule has 8 aromatic carbocycles. The number of benzene rings is 8. The van der Waals surface area contributed by atoms with Crippen molar-refractivity contribution >= 4 is 11.1 Å². The van der Waals surface area contributed by atoms with Crippen molar-refractivity contribution in [1.29, 1.82) is 0 Å². The van der Waals surface area contributed by atoms with Gasteiger partial charge in [-0.15, -0.1) is 0 Å². The molecular formula is C65H51N3. The summed E-state index contributed by atoms with van der Waals surface area (Å²) in [7, 11) is 0. The first kappa shape index (κ1) is 42.4. The van der Waals surface area contributed by atoms with E-state index in [0.29, 0.717) is 17.5 Å². The molecule has 0 bridgehead atoms. The first-order chi connectivity index (χ1) is 33.5. The maximum Gasteiger partial charge on any atom is 0.164 e. The van der Waals surface area contributed by atoms with Crippen LogP contribution in [0.5, 0.6) is 0 Å². The number of allylic oxidation sites excluding steroid dienone is 8. The van der Waals surface area contributed by atoms with Crippen LogP contribution in [-0.4, -0.2) is 15.0 Å². The number of hydrogen-bond acceptors (Lipinski definition) is 3. The van der Waals surface area contributed by atoms with Gasteiger partial charge in [-0.2, -0.15) is 0 Å². The predicted molar refractivity (Wildman–Crippen MR) is 282 cm³/mol. The summed E-state index contributed by atoms with van der Waals surface area (Å²) in [6.07, 6.45) is 13.8. The molecule has 0 saturated carbocycles. The first-order valence-electron chi connectivity index (χ1n) is 23.7. The van der Waals surface area contributed by atoms with Crippen LogP contribution in [0.15, 0.2) is 255 Å². The third-order valence-electron chi connectivity index (χ3n) is 13.8. The van der Waals surface area contributed by atoms with Gasteiger partial charge in [0.25, 0.3) is 0 Å². The molecule has 0 radical (unpaired) electrons. The molecule has 3 atom stereocenters. The van der Waals surface area contributed by atoms with Crippen LogP contribution in [0.2, 0.25) is 0 Å². The minimum absolute atomic E-state index is 0.0718. The van der Waals surface area contributed by atoms with Gasteiger partial charge in [-0.3, -0.25) is 0 Å². The van der Waals surface area contributed by atoms with Crippen LogP contribution in [0.25, 0.3) is 56.2 Å². The van der Waals surface area contributed by atoms with Gasteiger partial charge >= 0.3 is 0 Å². The maximum atomic E-state index is 5.53. The summed E-state index contributed by atoms with van der Waals surface area (Å²) in [5.74, 6) is 2.30. The Kier molecular flexibility index (Phi) is 11.6. The molecule has 1 heterocycles. The summed E-state index contributed by atoms with van der Waals surface area (Å²) in [5.41, 5.74) is 15.4. The van der Waals surface area contributed by atoms with Gasteiger partial charge in [-0.25, -0.2) is 15.0 Å². The third kappa shape index (κ3) is 8.07. The fourth-order valence-electron chi connectivity index (χ4n) is 10.5. The standard InChI is InChI=1S/C65H51N3/c1-45(47-23-9-3-10-24-47)39-54(40-46(2)48-25-11-4-12-26-48)63-66-62(67-64(68-63)55-42-52(49-27-13-5-14-28-49)41-53(43-55)50-29-15-6-16-30-50)51-37-38-59-58-35-21-22-36-60(58)65(61(59)44-51,56-31-17-7-18-32-56)57-33-19-8-20-34-57/h3-45,58,60H,1-2H3/b46-40+,54-39+. The smallest absolute Gasteiger partial charge is 0.164 e. The largest absolute Gasteiger partial charge is 0.208 e. The van der Waals surface area contributed by atoms with E-state index in [1.54, 1.807) is 0 Å². The summed E-state index contributed by atoms with van der Waals surface area (Å²) < 4.78 is 0. The average Bonchev–Trinajstić information content (AvgIpc) is 3.72. The molecule has 326 valence electrons. The van der Waals surface area contributed by atoms with Gasteiger partial charge in [-0.05, 0) is 104 Å². The second-order valence-corrected chi connectivity index (χ2v) is 18.0. The van der Waals surface area contributed by atoms with Crippen molar-refractivity contribution in [2.24, 2.45) is 5.92 Å². The van der Waals surface area contributed by atoms with Crippen LogP contribution in [0, 0.1) is 5.92 Å². The molecule has 0 saturated heterocycles. The molecule has 0 amide bonds. The lowest BCUT2D eigenvalue weighted by molar-refractivity contribution is 0.457. The van der Waals surface area contributed by atoms with E-state index in [0.717, 1.165) is 50.1 Å². The summed E-state index contributed by atoms with van der Waals surface area (Å²) in [6.45, 7) is 4.42. The number of hydrogen-bond donors (Lipinski definition) is 0. The minimum Gasteiger partial charge on any atom is -0.208 e. The molecule has 0 fully saturated rings. The number of rotatable bonds is 11. The van der Waals surface area contributed by atoms with Crippen LogP contribution >= 0.6 is 0 Å². The number of nitrogens with zero attached hydrogens (tertiary/aromatic N) is 3. The van der Waals surface area contributed by atoms with E-state index in [1.165, 1.54) is 27.8 Å². The molecule has 2 aliphatic carbocycles. The summed E-state index contributed by atoms with van der Waals surface area (Å²) in [4.78, 5) is 16.5. The van der Waals surface area contributed by atoms with Crippen LogP contribution < -0.4 is 0 Å². The molecule has 68 heavy (non-hydrogen) atoms. The van der Waals surface area contributed by atoms with Crippen molar-refractivity contribution in [3.8, 4) is 45.0 Å². The Morgan fingerprint density at radius 2 is 0.985 bits per heavy atom. The Balaban J connectivity index is 1.18. The van der Waals surface area contributed by atoms with Crippen molar-refractivity contribution in [3.05, 3.63) is 294 Å². The highest BCUT2D eigenvalue weighted by Gasteiger charge is 2.53. The molecule has 0 aliphatic heterocycles. The van der Waals surface area contributed by atoms with Crippen LogP contribution in [0.1, 0.15) is 64.9 Å². The second-order valence-electron chi connectivity index (χ2n) is 18.0. The van der Waals surface area contributed by atoms with Crippen molar-refractivity contribution in [1.82, 2.24) is 15.0 Å². The van der Waals surface area contributed by atoms with E-state index in [4.69, 9.17) is 15.0 Å². The van der Waals surface area contributed by atoms with E-state index in [1.807, 2.05) is 0 Å². The van der Waals surface area contributed by atoms with Crippen molar-refractivity contribution in [2.75, 3.05) is 0 Å². The van der Waals surface area contributed by atoms with Gasteiger partial charge in [0.2, 0.25) is 0 Å². The zero-order valence-electron chi connectivity index (χ0n) is 38.3. The number of fused-ring (bicyclic) bond motifs is 3. The monoisotopic (exact) mass is 873 g/mol. The molecule has 9 aromatic rings. The lowest BCUT2D eigenvalue weighted by Crippen LogP contribution is -2.35. The SMILES string of the molecule is C/C(=C\C(=C/C(C)c1ccccc1)c1nc(-c2cc(-c3ccccc3)cc(-c3ccccc3)c2)nc(-c2ccc3c(c2)C(c2ccccc2)(c2ccccc2)C2C=CC=CC32)n1)c1ccccc1. The lowest BCUT2D eigenvalue weighted by atomic mass is 9.63. The van der Waals surface area contributed by atoms with Crippen LogP contribution in [0.4, 0.5) is 0 Å². The molecule has 0 spiro atoms. The fraction of sp³-hybridized carbons (Fsp3) is 0.0923. The van der Waals surface area contributed by atoms with E-state index < -0.39 is 5.41 Å². The van der Waals surface area contributed by atoms with E-state index in [-0.39, 0.29) is 17.8 Å². The van der Waals surface area contributed by atoms with Crippen LogP contribution in [0.3, 0.4) is 0 Å². The maximum absolute atomic E-state index is 5.53. The Hall–Kier alpha value is -8.27. The van der Waals surface area contributed by atoms with Crippen molar-refractivity contribution < 1.29 is 0 Å². The lowest BCUT2D eigenvalue weighted by Gasteiger charge is -2.38. The van der Waals surface area contributed by atoms with Gasteiger partial charge < -0.3 is 0 Å². The van der Waals surface area contributed by atoms with Gasteiger partial charge in [0.15, 0.2) is 17.5 Å². The fourth-order valence-corrected chi connectivity index (χ4v) is 10.5.